The molecule has 0 radical (unpaired) electrons. The normalized spacial score (nSPS) is 23.3. The second kappa shape index (κ2) is 4.49. The van der Waals surface area contributed by atoms with Crippen molar-refractivity contribution in [1.82, 2.24) is 9.62 Å². The van der Waals surface area contributed by atoms with E-state index in [9.17, 15) is 13.2 Å². The molecule has 1 aliphatic heterocycles. The number of carbonyl (C=O) groups is 1. The molecule has 0 aliphatic carbocycles. The van der Waals surface area contributed by atoms with Crippen LogP contribution >= 0.6 is 0 Å². The van der Waals surface area contributed by atoms with Crippen LogP contribution in [0.25, 0.3) is 0 Å². The van der Waals surface area contributed by atoms with E-state index in [0.717, 1.165) is 25.6 Å². The van der Waals surface area contributed by atoms with Crippen LogP contribution in [0.2, 0.25) is 0 Å². The molecule has 0 aromatic carbocycles. The lowest BCUT2D eigenvalue weighted by atomic mass is 10.2. The van der Waals surface area contributed by atoms with Gasteiger partial charge in [-0.15, -0.1) is 0 Å². The highest BCUT2D eigenvalue weighted by Gasteiger charge is 2.33. The van der Waals surface area contributed by atoms with Crippen LogP contribution in [0.15, 0.2) is 0 Å². The zero-order chi connectivity index (χ0) is 11.6. The largest absolute Gasteiger partial charge is 0.290 e. The number of hydrogen-bond donors (Lipinski definition) is 1. The summed E-state index contributed by atoms with van der Waals surface area (Å²) in [6.45, 7) is 4.87. The van der Waals surface area contributed by atoms with E-state index in [1.807, 2.05) is 23.5 Å². The molecule has 1 aliphatic rings. The van der Waals surface area contributed by atoms with Crippen molar-refractivity contribution in [2.75, 3.05) is 12.8 Å². The number of nitrogens with one attached hydrogen (secondary N) is 1. The topological polar surface area (TPSA) is 66.5 Å². The predicted molar refractivity (Wildman–Crippen MR) is 57.9 cm³/mol. The van der Waals surface area contributed by atoms with Crippen molar-refractivity contribution in [3.8, 4) is 0 Å². The highest BCUT2D eigenvalue weighted by Crippen LogP contribution is 2.19. The van der Waals surface area contributed by atoms with E-state index in [4.69, 9.17) is 0 Å². The quantitative estimate of drug-likeness (QED) is 0.742. The van der Waals surface area contributed by atoms with Gasteiger partial charge in [-0.25, -0.2) is 8.42 Å². The summed E-state index contributed by atoms with van der Waals surface area (Å²) in [5.74, 6) is -0.399. The first kappa shape index (κ1) is 12.4. The first-order valence-corrected chi connectivity index (χ1v) is 6.98. The van der Waals surface area contributed by atoms with Gasteiger partial charge in [-0.1, -0.05) is 0 Å². The Morgan fingerprint density at radius 1 is 1.47 bits per heavy atom. The van der Waals surface area contributed by atoms with E-state index in [0.29, 0.717) is 0 Å². The first-order chi connectivity index (χ1) is 6.81. The molecule has 1 saturated heterocycles. The SMILES string of the molecule is CC(C)N1CCCC1C(=O)NS(C)(=O)=O. The van der Waals surface area contributed by atoms with Crippen molar-refractivity contribution in [3.05, 3.63) is 0 Å². The zero-order valence-corrected chi connectivity index (χ0v) is 10.2. The van der Waals surface area contributed by atoms with Gasteiger partial charge in [0, 0.05) is 6.04 Å². The van der Waals surface area contributed by atoms with Gasteiger partial charge in [0.1, 0.15) is 0 Å². The lowest BCUT2D eigenvalue weighted by molar-refractivity contribution is -0.124. The highest BCUT2D eigenvalue weighted by molar-refractivity contribution is 7.89. The fourth-order valence-electron chi connectivity index (χ4n) is 1.94. The Morgan fingerprint density at radius 2 is 2.07 bits per heavy atom. The van der Waals surface area contributed by atoms with Gasteiger partial charge in [0.05, 0.1) is 12.3 Å². The monoisotopic (exact) mass is 234 g/mol. The van der Waals surface area contributed by atoms with E-state index in [1.54, 1.807) is 0 Å². The summed E-state index contributed by atoms with van der Waals surface area (Å²) in [5, 5.41) is 0. The van der Waals surface area contributed by atoms with Crippen molar-refractivity contribution in [3.63, 3.8) is 0 Å². The Bertz CT molecular complexity index is 337. The lowest BCUT2D eigenvalue weighted by Crippen LogP contribution is -2.47. The highest BCUT2D eigenvalue weighted by atomic mass is 32.2. The molecule has 5 nitrogen and oxygen atoms in total. The Kier molecular flexibility index (Phi) is 3.72. The third kappa shape index (κ3) is 3.46. The van der Waals surface area contributed by atoms with Crippen LogP contribution < -0.4 is 4.72 Å². The van der Waals surface area contributed by atoms with Gasteiger partial charge in [-0.2, -0.15) is 0 Å². The summed E-state index contributed by atoms with van der Waals surface area (Å²) in [4.78, 5) is 13.7. The maximum absolute atomic E-state index is 11.6. The molecular weight excluding hydrogens is 216 g/mol. The molecule has 1 N–H and O–H groups in total. The first-order valence-electron chi connectivity index (χ1n) is 5.08. The molecule has 1 amide bonds. The molecule has 15 heavy (non-hydrogen) atoms. The minimum absolute atomic E-state index is 0.266. The Morgan fingerprint density at radius 3 is 2.53 bits per heavy atom. The molecule has 0 aromatic rings. The third-order valence-electron chi connectivity index (χ3n) is 2.55. The van der Waals surface area contributed by atoms with E-state index >= 15 is 0 Å². The van der Waals surface area contributed by atoms with Gasteiger partial charge in [0.15, 0.2) is 0 Å². The van der Waals surface area contributed by atoms with Gasteiger partial charge >= 0.3 is 0 Å². The lowest BCUT2D eigenvalue weighted by Gasteiger charge is -2.26. The molecule has 0 bridgehead atoms. The van der Waals surface area contributed by atoms with Crippen LogP contribution in [-0.4, -0.2) is 44.1 Å². The minimum atomic E-state index is -3.44. The second-order valence-electron chi connectivity index (χ2n) is 4.23. The summed E-state index contributed by atoms with van der Waals surface area (Å²) >= 11 is 0. The number of amides is 1. The fourth-order valence-corrected chi connectivity index (χ4v) is 2.44. The second-order valence-corrected chi connectivity index (χ2v) is 5.98. The predicted octanol–water partition coefficient (Wildman–Crippen LogP) is -0.0650. The summed E-state index contributed by atoms with van der Waals surface area (Å²) in [6, 6.07) is -0.0254. The molecule has 0 aromatic heterocycles. The van der Waals surface area contributed by atoms with Gasteiger partial charge in [-0.3, -0.25) is 14.4 Å². The number of rotatable bonds is 3. The zero-order valence-electron chi connectivity index (χ0n) is 9.36. The summed E-state index contributed by atoms with van der Waals surface area (Å²) in [5.41, 5.74) is 0. The molecule has 6 heteroatoms. The van der Waals surface area contributed by atoms with Crippen LogP contribution in [0, 0.1) is 0 Å². The standard InChI is InChI=1S/C9H18N2O3S/c1-7(2)11-6-4-5-8(11)9(12)10-15(3,13)14/h7-8H,4-6H2,1-3H3,(H,10,12). The van der Waals surface area contributed by atoms with E-state index in [2.05, 4.69) is 0 Å². The van der Waals surface area contributed by atoms with Gasteiger partial charge in [-0.05, 0) is 33.2 Å². The number of nitrogens with zero attached hydrogens (tertiary/aromatic N) is 1. The number of hydrogen-bond acceptors (Lipinski definition) is 4. The molecule has 1 unspecified atom stereocenters. The summed E-state index contributed by atoms with van der Waals surface area (Å²) < 4.78 is 23.9. The Balaban J connectivity index is 2.67. The summed E-state index contributed by atoms with van der Waals surface area (Å²) in [6.07, 6.45) is 2.68. The smallest absolute Gasteiger partial charge is 0.250 e. The van der Waals surface area contributed by atoms with Crippen molar-refractivity contribution in [2.45, 2.75) is 38.8 Å². The number of likely N-dealkylation sites (tertiary alicyclic amines) is 1. The van der Waals surface area contributed by atoms with Crippen molar-refractivity contribution >= 4 is 15.9 Å². The van der Waals surface area contributed by atoms with E-state index in [1.165, 1.54) is 0 Å². The van der Waals surface area contributed by atoms with Gasteiger partial charge in [0.2, 0.25) is 10.0 Å². The van der Waals surface area contributed by atoms with Crippen molar-refractivity contribution < 1.29 is 13.2 Å². The average Bonchev–Trinajstić information content (AvgIpc) is 2.47. The van der Waals surface area contributed by atoms with E-state index in [-0.39, 0.29) is 12.1 Å². The average molecular weight is 234 g/mol. The number of carbonyl (C=O) groups excluding carboxylic acids is 1. The number of sulfonamides is 1. The molecule has 1 fully saturated rings. The van der Waals surface area contributed by atoms with Crippen LogP contribution in [0.3, 0.4) is 0 Å². The molecule has 88 valence electrons. The van der Waals surface area contributed by atoms with Crippen molar-refractivity contribution in [2.24, 2.45) is 0 Å². The van der Waals surface area contributed by atoms with Crippen LogP contribution in [0.4, 0.5) is 0 Å². The van der Waals surface area contributed by atoms with Gasteiger partial charge < -0.3 is 0 Å². The molecular formula is C9H18N2O3S. The molecule has 0 saturated carbocycles. The Hall–Kier alpha value is -0.620. The van der Waals surface area contributed by atoms with Crippen molar-refractivity contribution in [1.29, 1.82) is 0 Å². The van der Waals surface area contributed by atoms with Crippen LogP contribution in [0.1, 0.15) is 26.7 Å². The molecule has 0 spiro atoms. The maximum Gasteiger partial charge on any atom is 0.250 e. The third-order valence-corrected chi connectivity index (χ3v) is 3.12. The molecule has 1 heterocycles. The molecule has 1 atom stereocenters. The maximum atomic E-state index is 11.6. The molecule has 1 rings (SSSR count). The Labute approximate surface area is 90.9 Å². The van der Waals surface area contributed by atoms with Gasteiger partial charge in [0.25, 0.3) is 5.91 Å². The summed E-state index contributed by atoms with van der Waals surface area (Å²) in [7, 11) is -3.44. The minimum Gasteiger partial charge on any atom is -0.290 e. The van der Waals surface area contributed by atoms with E-state index < -0.39 is 15.9 Å². The fraction of sp³-hybridized carbons (Fsp3) is 0.889. The van der Waals surface area contributed by atoms with Crippen LogP contribution in [-0.2, 0) is 14.8 Å². The van der Waals surface area contributed by atoms with Crippen LogP contribution in [0.5, 0.6) is 0 Å².